The Morgan fingerprint density at radius 1 is 0.758 bits per heavy atom. The molecule has 0 unspecified atom stereocenters. The number of benzene rings is 3. The van der Waals surface area contributed by atoms with Gasteiger partial charge in [0.05, 0.1) is 7.11 Å². The summed E-state index contributed by atoms with van der Waals surface area (Å²) in [6.45, 7) is 9.87. The van der Waals surface area contributed by atoms with Gasteiger partial charge in [-0.3, -0.25) is 4.79 Å². The van der Waals surface area contributed by atoms with Crippen molar-refractivity contribution in [3.05, 3.63) is 115 Å². The van der Waals surface area contributed by atoms with E-state index in [0.717, 1.165) is 34.4 Å². The second-order valence-corrected chi connectivity index (χ2v) is 8.82. The molecule has 0 aromatic heterocycles. The van der Waals surface area contributed by atoms with Gasteiger partial charge in [0.25, 0.3) is 0 Å². The Hall–Kier alpha value is -3.04. The third-order valence-electron chi connectivity index (χ3n) is 5.09. The van der Waals surface area contributed by atoms with Gasteiger partial charge in [-0.05, 0) is 54.8 Å². The van der Waals surface area contributed by atoms with E-state index in [0.29, 0.717) is 5.76 Å². The average molecular weight is 459 g/mol. The highest BCUT2D eigenvalue weighted by molar-refractivity contribution is 7.99. The van der Waals surface area contributed by atoms with Crippen molar-refractivity contribution in [3.8, 4) is 0 Å². The van der Waals surface area contributed by atoms with Crippen molar-refractivity contribution in [3.63, 3.8) is 0 Å². The first-order valence-corrected chi connectivity index (χ1v) is 12.2. The molecule has 172 valence electrons. The summed E-state index contributed by atoms with van der Waals surface area (Å²) in [5.41, 5.74) is 2.50. The number of methoxy groups -OCH3 is 1. The monoisotopic (exact) mass is 458 g/mol. The Kier molecular flexibility index (Phi) is 11.8. The van der Waals surface area contributed by atoms with Crippen molar-refractivity contribution in [2.24, 2.45) is 0 Å². The number of hydrogen-bond donors (Lipinski definition) is 0. The summed E-state index contributed by atoms with van der Waals surface area (Å²) in [6.07, 6.45) is 5.48. The summed E-state index contributed by atoms with van der Waals surface area (Å²) < 4.78 is 4.94. The maximum absolute atomic E-state index is 12.4. The molecule has 0 fully saturated rings. The van der Waals surface area contributed by atoms with Gasteiger partial charge in [0.2, 0.25) is 0 Å². The van der Waals surface area contributed by atoms with Crippen LogP contribution in [0.3, 0.4) is 0 Å². The molecule has 0 saturated carbocycles. The lowest BCUT2D eigenvalue weighted by Gasteiger charge is -2.06. The standard InChI is InChI=1S/C21H24OS.C9H10O/c1-3-4-5-7-10-17(2)21(22)18-13-15-20(16-14-18)23-19-11-8-6-9-12-19;1-8(10-2)9-6-4-3-5-7-9/h6,8-9,11-16H,2-5,7,10H2,1H3;3-7H,1H2,2H3. The Morgan fingerprint density at radius 3 is 1.91 bits per heavy atom. The van der Waals surface area contributed by atoms with Gasteiger partial charge >= 0.3 is 0 Å². The number of rotatable bonds is 11. The molecule has 0 heterocycles. The second-order valence-electron chi connectivity index (χ2n) is 7.68. The first-order valence-electron chi connectivity index (χ1n) is 11.4. The van der Waals surface area contributed by atoms with Crippen LogP contribution in [0.5, 0.6) is 0 Å². The molecular formula is C30H34O2S. The molecule has 0 aliphatic heterocycles. The Balaban J connectivity index is 0.000000321. The minimum atomic E-state index is 0.0813. The van der Waals surface area contributed by atoms with E-state index < -0.39 is 0 Å². The molecule has 0 N–H and O–H groups in total. The third-order valence-corrected chi connectivity index (χ3v) is 6.11. The number of ether oxygens (including phenoxy) is 1. The molecule has 3 heteroatoms. The molecule has 0 amide bonds. The van der Waals surface area contributed by atoms with Crippen LogP contribution in [0.15, 0.2) is 113 Å². The minimum Gasteiger partial charge on any atom is -0.497 e. The molecule has 0 spiro atoms. The van der Waals surface area contributed by atoms with Crippen LogP contribution in [0.1, 0.15) is 54.9 Å². The molecule has 0 saturated heterocycles. The van der Waals surface area contributed by atoms with Gasteiger partial charge in [-0.2, -0.15) is 0 Å². The van der Waals surface area contributed by atoms with Gasteiger partial charge in [0, 0.05) is 20.9 Å². The Morgan fingerprint density at radius 2 is 1.33 bits per heavy atom. The summed E-state index contributed by atoms with van der Waals surface area (Å²) in [5.74, 6) is 0.790. The lowest BCUT2D eigenvalue weighted by Crippen LogP contribution is -2.02. The predicted molar refractivity (Wildman–Crippen MR) is 142 cm³/mol. The van der Waals surface area contributed by atoms with Crippen molar-refractivity contribution in [1.29, 1.82) is 0 Å². The van der Waals surface area contributed by atoms with Crippen molar-refractivity contribution in [1.82, 2.24) is 0 Å². The molecule has 2 nitrogen and oxygen atoms in total. The fourth-order valence-electron chi connectivity index (χ4n) is 3.12. The van der Waals surface area contributed by atoms with Crippen LogP contribution in [0.4, 0.5) is 0 Å². The van der Waals surface area contributed by atoms with Gasteiger partial charge in [0.1, 0.15) is 5.76 Å². The fourth-order valence-corrected chi connectivity index (χ4v) is 3.96. The molecule has 3 aromatic rings. The highest BCUT2D eigenvalue weighted by atomic mass is 32.2. The van der Waals surface area contributed by atoms with Crippen LogP contribution in [0.25, 0.3) is 5.76 Å². The van der Waals surface area contributed by atoms with Crippen molar-refractivity contribution >= 4 is 23.3 Å². The zero-order chi connectivity index (χ0) is 23.9. The van der Waals surface area contributed by atoms with Crippen molar-refractivity contribution < 1.29 is 9.53 Å². The van der Waals surface area contributed by atoms with Crippen LogP contribution < -0.4 is 0 Å². The van der Waals surface area contributed by atoms with E-state index >= 15 is 0 Å². The second kappa shape index (κ2) is 14.9. The number of carbonyl (C=O) groups excluding carboxylic acids is 1. The van der Waals surface area contributed by atoms with E-state index in [-0.39, 0.29) is 5.78 Å². The Labute approximate surface area is 203 Å². The first kappa shape index (κ1) is 26.2. The number of Topliss-reactive ketones (excluding diaryl/α,β-unsaturated/α-hetero) is 1. The molecule has 0 bridgehead atoms. The molecule has 33 heavy (non-hydrogen) atoms. The zero-order valence-electron chi connectivity index (χ0n) is 19.8. The smallest absolute Gasteiger partial charge is 0.188 e. The SMILES string of the molecule is C=C(CCCCCC)C(=O)c1ccc(Sc2ccccc2)cc1.C=C(OC)c1ccccc1. The summed E-state index contributed by atoms with van der Waals surface area (Å²) in [6, 6.07) is 27.9. The lowest BCUT2D eigenvalue weighted by molar-refractivity contribution is 0.103. The predicted octanol–water partition coefficient (Wildman–Crippen LogP) is 8.85. The van der Waals surface area contributed by atoms with Gasteiger partial charge in [0.15, 0.2) is 5.78 Å². The van der Waals surface area contributed by atoms with Crippen LogP contribution in [0, 0.1) is 0 Å². The summed E-state index contributed by atoms with van der Waals surface area (Å²) in [5, 5.41) is 0. The molecule has 0 radical (unpaired) electrons. The van der Waals surface area contributed by atoms with Crippen LogP contribution >= 0.6 is 11.8 Å². The highest BCUT2D eigenvalue weighted by Crippen LogP contribution is 2.27. The average Bonchev–Trinajstić information content (AvgIpc) is 2.87. The van der Waals surface area contributed by atoms with Gasteiger partial charge in [-0.15, -0.1) is 0 Å². The largest absolute Gasteiger partial charge is 0.497 e. The molecular weight excluding hydrogens is 424 g/mol. The quantitative estimate of drug-likeness (QED) is 0.124. The van der Waals surface area contributed by atoms with Gasteiger partial charge < -0.3 is 4.74 Å². The van der Waals surface area contributed by atoms with Crippen LogP contribution in [-0.4, -0.2) is 12.9 Å². The number of ketones is 1. The molecule has 3 aromatic carbocycles. The summed E-state index contributed by atoms with van der Waals surface area (Å²) in [4.78, 5) is 14.7. The number of allylic oxidation sites excluding steroid dienone is 1. The van der Waals surface area contributed by atoms with Crippen LogP contribution in [-0.2, 0) is 4.74 Å². The highest BCUT2D eigenvalue weighted by Gasteiger charge is 2.10. The van der Waals surface area contributed by atoms with Crippen molar-refractivity contribution in [2.75, 3.05) is 7.11 Å². The van der Waals surface area contributed by atoms with E-state index in [4.69, 9.17) is 4.74 Å². The molecule has 0 atom stereocenters. The van der Waals surface area contributed by atoms with E-state index in [1.54, 1.807) is 18.9 Å². The number of unbranched alkanes of at least 4 members (excludes halogenated alkanes) is 3. The summed E-state index contributed by atoms with van der Waals surface area (Å²) >= 11 is 1.70. The topological polar surface area (TPSA) is 26.3 Å². The van der Waals surface area contributed by atoms with Crippen LogP contribution in [0.2, 0.25) is 0 Å². The van der Waals surface area contributed by atoms with E-state index in [1.807, 2.05) is 72.8 Å². The lowest BCUT2D eigenvalue weighted by atomic mass is 9.99. The normalized spacial score (nSPS) is 10.0. The number of hydrogen-bond acceptors (Lipinski definition) is 3. The number of carbonyl (C=O) groups is 1. The molecule has 3 rings (SSSR count). The maximum atomic E-state index is 12.4. The van der Waals surface area contributed by atoms with E-state index in [9.17, 15) is 4.79 Å². The Bertz CT molecular complexity index is 992. The minimum absolute atomic E-state index is 0.0813. The summed E-state index contributed by atoms with van der Waals surface area (Å²) in [7, 11) is 1.62. The maximum Gasteiger partial charge on any atom is 0.188 e. The van der Waals surface area contributed by atoms with Crippen molar-refractivity contribution in [2.45, 2.75) is 48.8 Å². The van der Waals surface area contributed by atoms with Gasteiger partial charge in [-0.1, -0.05) is 99.6 Å². The fraction of sp³-hybridized carbons (Fsp3) is 0.233. The third kappa shape index (κ3) is 9.55. The van der Waals surface area contributed by atoms with Gasteiger partial charge in [-0.25, -0.2) is 0 Å². The zero-order valence-corrected chi connectivity index (χ0v) is 20.6. The molecule has 0 aliphatic carbocycles. The van der Waals surface area contributed by atoms with E-state index in [1.165, 1.54) is 24.2 Å². The molecule has 0 aliphatic rings. The first-order chi connectivity index (χ1) is 16.0. The van der Waals surface area contributed by atoms with E-state index in [2.05, 4.69) is 32.2 Å².